The predicted octanol–water partition coefficient (Wildman–Crippen LogP) is 0.990. The Bertz CT molecular complexity index is 406. The van der Waals surface area contributed by atoms with Gasteiger partial charge >= 0.3 is 12.0 Å². The summed E-state index contributed by atoms with van der Waals surface area (Å²) in [6.07, 6.45) is 1.63. The van der Waals surface area contributed by atoms with Crippen molar-refractivity contribution in [1.82, 2.24) is 15.6 Å². The highest BCUT2D eigenvalue weighted by Gasteiger charge is 2.23. The molecule has 0 bridgehead atoms. The van der Waals surface area contributed by atoms with Crippen molar-refractivity contribution >= 4 is 12.0 Å². The minimum absolute atomic E-state index is 0.178. The molecule has 0 radical (unpaired) electrons. The van der Waals surface area contributed by atoms with Gasteiger partial charge in [-0.15, -0.1) is 0 Å². The second-order valence-electron chi connectivity index (χ2n) is 4.21. The van der Waals surface area contributed by atoms with Crippen LogP contribution in [0.4, 0.5) is 4.79 Å². The number of aliphatic carboxylic acids is 1. The Hall–Kier alpha value is -2.11. The molecule has 0 fully saturated rings. The molecule has 0 aliphatic rings. The lowest BCUT2D eigenvalue weighted by molar-refractivity contribution is -0.140. The van der Waals surface area contributed by atoms with Crippen LogP contribution in [0.2, 0.25) is 0 Å². The van der Waals surface area contributed by atoms with E-state index in [1.165, 1.54) is 0 Å². The van der Waals surface area contributed by atoms with Crippen molar-refractivity contribution in [3.63, 3.8) is 0 Å². The molecule has 1 heterocycles. The van der Waals surface area contributed by atoms with Gasteiger partial charge in [-0.25, -0.2) is 9.59 Å². The van der Waals surface area contributed by atoms with E-state index in [2.05, 4.69) is 15.6 Å². The molecule has 0 aromatic carbocycles. The number of amides is 2. The smallest absolute Gasteiger partial charge is 0.326 e. The molecule has 1 rings (SSSR count). The zero-order valence-corrected chi connectivity index (χ0v) is 10.4. The molecule has 1 aromatic heterocycles. The fourth-order valence-electron chi connectivity index (χ4n) is 1.38. The molecule has 0 spiro atoms. The number of hydrogen-bond acceptors (Lipinski definition) is 3. The minimum Gasteiger partial charge on any atom is -0.480 e. The Morgan fingerprint density at radius 1 is 1.39 bits per heavy atom. The molecule has 6 heteroatoms. The SMILES string of the molecule is CC(C)[C@H](NC(=O)NCc1ccccn1)C(=O)O. The van der Waals surface area contributed by atoms with E-state index < -0.39 is 18.0 Å². The third kappa shape index (κ3) is 4.40. The zero-order valence-electron chi connectivity index (χ0n) is 10.4. The summed E-state index contributed by atoms with van der Waals surface area (Å²) in [5, 5.41) is 13.9. The van der Waals surface area contributed by atoms with Crippen LogP contribution in [0, 0.1) is 5.92 Å². The lowest BCUT2D eigenvalue weighted by atomic mass is 10.1. The lowest BCUT2D eigenvalue weighted by Gasteiger charge is -2.18. The van der Waals surface area contributed by atoms with E-state index in [0.717, 1.165) is 0 Å². The van der Waals surface area contributed by atoms with Crippen LogP contribution in [-0.4, -0.2) is 28.1 Å². The summed E-state index contributed by atoms with van der Waals surface area (Å²) < 4.78 is 0. The van der Waals surface area contributed by atoms with Crippen LogP contribution in [0.25, 0.3) is 0 Å². The number of carboxylic acid groups (broad SMARTS) is 1. The summed E-state index contributed by atoms with van der Waals surface area (Å²) in [7, 11) is 0. The molecule has 0 saturated carbocycles. The number of nitrogens with zero attached hydrogens (tertiary/aromatic N) is 1. The van der Waals surface area contributed by atoms with E-state index in [9.17, 15) is 9.59 Å². The summed E-state index contributed by atoms with van der Waals surface area (Å²) in [5.41, 5.74) is 0.712. The van der Waals surface area contributed by atoms with E-state index in [1.807, 2.05) is 6.07 Å². The Labute approximate surface area is 105 Å². The van der Waals surface area contributed by atoms with Gasteiger partial charge in [0.15, 0.2) is 0 Å². The molecule has 18 heavy (non-hydrogen) atoms. The maximum atomic E-state index is 11.5. The number of carboxylic acids is 1. The predicted molar refractivity (Wildman–Crippen MR) is 65.9 cm³/mol. The Balaban J connectivity index is 2.44. The highest BCUT2D eigenvalue weighted by Crippen LogP contribution is 2.01. The van der Waals surface area contributed by atoms with Gasteiger partial charge in [0.05, 0.1) is 12.2 Å². The first kappa shape index (κ1) is 14.0. The van der Waals surface area contributed by atoms with Gasteiger partial charge in [-0.3, -0.25) is 4.98 Å². The van der Waals surface area contributed by atoms with E-state index >= 15 is 0 Å². The minimum atomic E-state index is -1.04. The molecule has 0 unspecified atom stereocenters. The molecule has 98 valence electrons. The number of rotatable bonds is 5. The van der Waals surface area contributed by atoms with Crippen molar-refractivity contribution in [2.75, 3.05) is 0 Å². The van der Waals surface area contributed by atoms with Crippen molar-refractivity contribution in [3.05, 3.63) is 30.1 Å². The van der Waals surface area contributed by atoms with Crippen LogP contribution in [0.5, 0.6) is 0 Å². The van der Waals surface area contributed by atoms with Gasteiger partial charge in [0.1, 0.15) is 6.04 Å². The second-order valence-corrected chi connectivity index (χ2v) is 4.21. The van der Waals surface area contributed by atoms with Crippen molar-refractivity contribution in [2.24, 2.45) is 5.92 Å². The van der Waals surface area contributed by atoms with E-state index in [0.29, 0.717) is 5.69 Å². The monoisotopic (exact) mass is 251 g/mol. The van der Waals surface area contributed by atoms with Crippen molar-refractivity contribution in [3.8, 4) is 0 Å². The van der Waals surface area contributed by atoms with Gasteiger partial charge in [-0.2, -0.15) is 0 Å². The van der Waals surface area contributed by atoms with Crippen LogP contribution in [0.3, 0.4) is 0 Å². The number of carbonyl (C=O) groups is 2. The van der Waals surface area contributed by atoms with E-state index in [-0.39, 0.29) is 12.5 Å². The van der Waals surface area contributed by atoms with Gasteiger partial charge in [-0.05, 0) is 18.1 Å². The fourth-order valence-corrected chi connectivity index (χ4v) is 1.38. The fraction of sp³-hybridized carbons (Fsp3) is 0.417. The summed E-state index contributed by atoms with van der Waals surface area (Å²) in [6.45, 7) is 3.73. The summed E-state index contributed by atoms with van der Waals surface area (Å²) >= 11 is 0. The van der Waals surface area contributed by atoms with Crippen molar-refractivity contribution in [1.29, 1.82) is 0 Å². The third-order valence-electron chi connectivity index (χ3n) is 2.38. The average Bonchev–Trinajstić information content (AvgIpc) is 2.34. The van der Waals surface area contributed by atoms with Crippen LogP contribution >= 0.6 is 0 Å². The van der Waals surface area contributed by atoms with Gasteiger partial charge in [0.2, 0.25) is 0 Å². The lowest BCUT2D eigenvalue weighted by Crippen LogP contribution is -2.48. The first-order valence-corrected chi connectivity index (χ1v) is 5.67. The Kier molecular flexibility index (Phi) is 5.10. The molecule has 1 atom stereocenters. The maximum absolute atomic E-state index is 11.5. The van der Waals surface area contributed by atoms with Gasteiger partial charge in [-0.1, -0.05) is 19.9 Å². The Morgan fingerprint density at radius 3 is 2.61 bits per heavy atom. The molecule has 1 aromatic rings. The first-order valence-electron chi connectivity index (χ1n) is 5.67. The molecule has 0 saturated heterocycles. The molecule has 2 amide bonds. The first-order chi connectivity index (χ1) is 8.50. The highest BCUT2D eigenvalue weighted by atomic mass is 16.4. The van der Waals surface area contributed by atoms with Crippen LogP contribution < -0.4 is 10.6 Å². The number of nitrogens with one attached hydrogen (secondary N) is 2. The standard InChI is InChI=1S/C12H17N3O3/c1-8(2)10(11(16)17)15-12(18)14-7-9-5-3-4-6-13-9/h3-6,8,10H,7H2,1-2H3,(H,16,17)(H2,14,15,18)/t10-/m0/s1. The van der Waals surface area contributed by atoms with Crippen molar-refractivity contribution in [2.45, 2.75) is 26.4 Å². The topological polar surface area (TPSA) is 91.3 Å². The third-order valence-corrected chi connectivity index (χ3v) is 2.38. The molecular formula is C12H17N3O3. The van der Waals surface area contributed by atoms with Crippen LogP contribution in [0.15, 0.2) is 24.4 Å². The summed E-state index contributed by atoms with van der Waals surface area (Å²) in [6, 6.07) is 3.96. The molecule has 0 aliphatic heterocycles. The second kappa shape index (κ2) is 6.58. The number of pyridine rings is 1. The highest BCUT2D eigenvalue weighted by molar-refractivity contribution is 5.82. The summed E-state index contributed by atoms with van der Waals surface area (Å²) in [5.74, 6) is -1.22. The van der Waals surface area contributed by atoms with E-state index in [1.54, 1.807) is 32.2 Å². The van der Waals surface area contributed by atoms with Gasteiger partial charge < -0.3 is 15.7 Å². The molecule has 3 N–H and O–H groups in total. The molecular weight excluding hydrogens is 234 g/mol. The normalized spacial score (nSPS) is 11.9. The van der Waals surface area contributed by atoms with E-state index in [4.69, 9.17) is 5.11 Å². The number of carbonyl (C=O) groups excluding carboxylic acids is 1. The number of hydrogen-bond donors (Lipinski definition) is 3. The molecule has 0 aliphatic carbocycles. The summed E-state index contributed by atoms with van der Waals surface area (Å²) in [4.78, 5) is 26.5. The zero-order chi connectivity index (χ0) is 13.5. The number of aromatic nitrogens is 1. The van der Waals surface area contributed by atoms with Crippen LogP contribution in [0.1, 0.15) is 19.5 Å². The Morgan fingerprint density at radius 2 is 2.11 bits per heavy atom. The molecule has 6 nitrogen and oxygen atoms in total. The number of urea groups is 1. The quantitative estimate of drug-likeness (QED) is 0.727. The largest absolute Gasteiger partial charge is 0.480 e. The van der Waals surface area contributed by atoms with Crippen LogP contribution in [-0.2, 0) is 11.3 Å². The van der Waals surface area contributed by atoms with Gasteiger partial charge in [0, 0.05) is 6.20 Å². The maximum Gasteiger partial charge on any atom is 0.326 e. The van der Waals surface area contributed by atoms with Gasteiger partial charge in [0.25, 0.3) is 0 Å². The average molecular weight is 251 g/mol. The van der Waals surface area contributed by atoms with Crippen molar-refractivity contribution < 1.29 is 14.7 Å².